The molecule has 0 bridgehead atoms. The van der Waals surface area contributed by atoms with E-state index < -0.39 is 134 Å². The first-order chi connectivity index (χ1) is 34.0. The molecule has 1 aromatic rings. The van der Waals surface area contributed by atoms with E-state index in [-0.39, 0.29) is 76.0 Å². The average molecular weight is 1040 g/mol. The molecule has 0 fully saturated rings. The number of unbranched alkanes of at least 4 members (excludes halogenated alkanes) is 1. The van der Waals surface area contributed by atoms with Crippen molar-refractivity contribution in [2.75, 3.05) is 32.7 Å². The van der Waals surface area contributed by atoms with Crippen LogP contribution in [0.2, 0.25) is 0 Å². The summed E-state index contributed by atoms with van der Waals surface area (Å²) in [5.41, 5.74) is -0.729. The molecule has 0 radical (unpaired) electrons. The van der Waals surface area contributed by atoms with Crippen LogP contribution in [-0.2, 0) is 63.8 Å². The number of benzene rings is 1. The summed E-state index contributed by atoms with van der Waals surface area (Å²) < 4.78 is 10.6. The van der Waals surface area contributed by atoms with E-state index in [9.17, 15) is 57.8 Å². The molecule has 11 N–H and O–H groups in total. The van der Waals surface area contributed by atoms with E-state index in [1.54, 1.807) is 65.8 Å². The summed E-state index contributed by atoms with van der Waals surface area (Å²) >= 11 is 0. The molecule has 1 rings (SSSR count). The molecule has 5 atom stereocenters. The van der Waals surface area contributed by atoms with Gasteiger partial charge in [-0.2, -0.15) is 0 Å². The van der Waals surface area contributed by atoms with Crippen LogP contribution in [0.4, 0.5) is 4.79 Å². The van der Waals surface area contributed by atoms with Crippen molar-refractivity contribution < 1.29 is 77.5 Å². The van der Waals surface area contributed by atoms with Gasteiger partial charge in [-0.15, -0.1) is 0 Å². The lowest BCUT2D eigenvalue weighted by atomic mass is 9.89. The summed E-state index contributed by atoms with van der Waals surface area (Å²) in [7, 11) is 0. The molecule has 0 spiro atoms. The van der Waals surface area contributed by atoms with Gasteiger partial charge in [-0.25, -0.2) is 4.79 Å². The Bertz CT molecular complexity index is 2000. The molecule has 8 amide bonds. The average Bonchev–Trinajstić information content (AvgIpc) is 3.28. The van der Waals surface area contributed by atoms with Crippen molar-refractivity contribution in [3.63, 3.8) is 0 Å². The second-order valence-corrected chi connectivity index (χ2v) is 19.8. The Morgan fingerprint density at radius 2 is 1.12 bits per heavy atom. The van der Waals surface area contributed by atoms with Gasteiger partial charge in [-0.3, -0.25) is 47.9 Å². The summed E-state index contributed by atoms with van der Waals surface area (Å²) in [6.07, 6.45) is -2.28. The Morgan fingerprint density at radius 1 is 0.548 bits per heavy atom. The van der Waals surface area contributed by atoms with Crippen LogP contribution in [0.5, 0.6) is 0 Å². The highest BCUT2D eigenvalue weighted by Gasteiger charge is 2.30. The zero-order valence-electron chi connectivity index (χ0n) is 43.3. The minimum atomic E-state index is -1.48. The van der Waals surface area contributed by atoms with Gasteiger partial charge in [0.05, 0.1) is 18.2 Å². The lowest BCUT2D eigenvalue weighted by Gasteiger charge is -2.25. The van der Waals surface area contributed by atoms with E-state index in [1.807, 2.05) is 19.9 Å². The predicted octanol–water partition coefficient (Wildman–Crippen LogP) is 0.718. The summed E-state index contributed by atoms with van der Waals surface area (Å²) in [6, 6.07) is 5.26. The number of amides is 8. The number of hydrogen-bond donors (Lipinski definition) is 11. The van der Waals surface area contributed by atoms with E-state index in [2.05, 4.69) is 42.5 Å². The Labute approximate surface area is 426 Å². The number of Topliss-reactive ketones (excluding diaryl/α,β-unsaturated/α-hetero) is 1. The normalized spacial score (nSPS) is 13.4. The molecule has 0 aliphatic carbocycles. The van der Waals surface area contributed by atoms with Gasteiger partial charge in [0.25, 0.3) is 0 Å². The third kappa shape index (κ3) is 32.1. The lowest BCUT2D eigenvalue weighted by molar-refractivity contribution is -0.170. The fourth-order valence-electron chi connectivity index (χ4n) is 6.92. The minimum absolute atomic E-state index is 0.0394. The standard InChI is InChI=1S/C49H78N8O16/c1-30(2)24-32(17-19-36(58)35(25-31-14-10-9-11-15-31)56-40(62)27-54-47(71)73-49(6,7)8)44(68)52-26-39(61)50-23-13-12-16-33(55-38(60)21-22-43(67)72-48(3,4)5)46(70)57-34(45(69)53-29-42(65)66)18-20-37(59)51-28-41(63)64/h9-11,14-15,30,32-35,43,67H,12-13,16-29H2,1-8H3,(H,50,61)(H,51,59)(H,52,68)(H,53,69)(H,54,71)(H,55,60)(H,56,62)(H,57,70)(H,63,64)(H,65,66). The van der Waals surface area contributed by atoms with Gasteiger partial charge in [0.15, 0.2) is 12.1 Å². The topological polar surface area (TPSA) is 363 Å². The highest BCUT2D eigenvalue weighted by molar-refractivity contribution is 5.94. The number of carboxylic acid groups (broad SMARTS) is 2. The quantitative estimate of drug-likeness (QED) is 0.0335. The lowest BCUT2D eigenvalue weighted by Crippen LogP contribution is -2.54. The Hall–Kier alpha value is -6.69. The number of ketones is 1. The van der Waals surface area contributed by atoms with Gasteiger partial charge in [-0.1, -0.05) is 44.2 Å². The Kier molecular flexibility index (Phi) is 29.2. The number of nitrogens with one attached hydrogen (secondary N) is 8. The summed E-state index contributed by atoms with van der Waals surface area (Å²) in [4.78, 5) is 139. The molecule has 0 aliphatic rings. The number of aliphatic hydroxyl groups is 1. The van der Waals surface area contributed by atoms with Crippen molar-refractivity contribution in [1.82, 2.24) is 42.5 Å². The number of carbonyl (C=O) groups is 11. The van der Waals surface area contributed by atoms with Gasteiger partial charge >= 0.3 is 18.0 Å². The zero-order valence-corrected chi connectivity index (χ0v) is 43.3. The molecule has 0 aromatic heterocycles. The maximum atomic E-state index is 13.6. The van der Waals surface area contributed by atoms with Crippen molar-refractivity contribution >= 4 is 65.2 Å². The van der Waals surface area contributed by atoms with Crippen LogP contribution >= 0.6 is 0 Å². The van der Waals surface area contributed by atoms with Gasteiger partial charge in [-0.05, 0) is 98.0 Å². The smallest absolute Gasteiger partial charge is 0.408 e. The third-order valence-corrected chi connectivity index (χ3v) is 10.2. The molecule has 73 heavy (non-hydrogen) atoms. The largest absolute Gasteiger partial charge is 0.480 e. The summed E-state index contributed by atoms with van der Waals surface area (Å²) in [5.74, 6) is -8.56. The molecule has 24 heteroatoms. The van der Waals surface area contributed by atoms with E-state index in [1.165, 1.54) is 0 Å². The van der Waals surface area contributed by atoms with E-state index >= 15 is 0 Å². The van der Waals surface area contributed by atoms with Crippen LogP contribution in [-0.4, -0.2) is 149 Å². The van der Waals surface area contributed by atoms with E-state index in [4.69, 9.17) is 19.7 Å². The van der Waals surface area contributed by atoms with Crippen molar-refractivity contribution in [1.29, 1.82) is 0 Å². The Balaban J connectivity index is 2.97. The summed E-state index contributed by atoms with van der Waals surface area (Å²) in [6.45, 7) is 11.7. The van der Waals surface area contributed by atoms with Crippen molar-refractivity contribution in [2.24, 2.45) is 11.8 Å². The van der Waals surface area contributed by atoms with Gasteiger partial charge in [0, 0.05) is 38.1 Å². The molecule has 0 aliphatic heterocycles. The van der Waals surface area contributed by atoms with Crippen molar-refractivity contribution in [3.8, 4) is 0 Å². The SMILES string of the molecule is CC(C)CC(CCC(=O)C(Cc1ccccc1)NC(=O)CNC(=O)OC(C)(C)C)C(=O)NCC(=O)NCCCCC(NC(=O)CCC(O)OC(C)(C)C)C(=O)NC(CCC(=O)NCC(=O)O)C(=O)NCC(=O)O. The van der Waals surface area contributed by atoms with Gasteiger partial charge in [0.1, 0.15) is 37.3 Å². The highest BCUT2D eigenvalue weighted by atomic mass is 16.6. The van der Waals surface area contributed by atoms with Gasteiger partial charge in [0.2, 0.25) is 41.4 Å². The monoisotopic (exact) mass is 1030 g/mol. The van der Waals surface area contributed by atoms with Crippen LogP contribution in [0.1, 0.15) is 125 Å². The Morgan fingerprint density at radius 3 is 1.73 bits per heavy atom. The van der Waals surface area contributed by atoms with Crippen LogP contribution in [0.25, 0.3) is 0 Å². The van der Waals surface area contributed by atoms with Crippen LogP contribution in [0, 0.1) is 11.8 Å². The summed E-state index contributed by atoms with van der Waals surface area (Å²) in [5, 5.41) is 47.8. The molecule has 5 unspecified atom stereocenters. The highest BCUT2D eigenvalue weighted by Crippen LogP contribution is 2.19. The van der Waals surface area contributed by atoms with Crippen LogP contribution < -0.4 is 42.5 Å². The predicted molar refractivity (Wildman–Crippen MR) is 264 cm³/mol. The molecule has 24 nitrogen and oxygen atoms in total. The molecular formula is C49H78N8O16. The first-order valence-corrected chi connectivity index (χ1v) is 24.3. The van der Waals surface area contributed by atoms with Crippen LogP contribution in [0.3, 0.4) is 0 Å². The van der Waals surface area contributed by atoms with E-state index in [0.717, 1.165) is 5.56 Å². The number of aliphatic hydroxyl groups excluding tert-OH is 1. The maximum Gasteiger partial charge on any atom is 0.408 e. The molecule has 0 heterocycles. The first-order valence-electron chi connectivity index (χ1n) is 24.3. The number of carboxylic acids is 2. The first kappa shape index (κ1) is 64.3. The number of hydrogen-bond acceptors (Lipinski definition) is 14. The molecule has 0 saturated heterocycles. The maximum absolute atomic E-state index is 13.6. The van der Waals surface area contributed by atoms with E-state index in [0.29, 0.717) is 6.42 Å². The van der Waals surface area contributed by atoms with Gasteiger partial charge < -0.3 is 67.3 Å². The number of aliphatic carboxylic acids is 2. The second kappa shape index (κ2) is 33.1. The molecule has 0 saturated carbocycles. The number of alkyl carbamates (subject to hydrolysis) is 1. The second-order valence-electron chi connectivity index (χ2n) is 19.8. The van der Waals surface area contributed by atoms with Crippen molar-refractivity contribution in [3.05, 3.63) is 35.9 Å². The molecule has 410 valence electrons. The fourth-order valence-corrected chi connectivity index (χ4v) is 6.92. The molecular weight excluding hydrogens is 957 g/mol. The number of rotatable bonds is 34. The fraction of sp³-hybridized carbons (Fsp3) is 0.653. The molecule has 1 aromatic carbocycles. The van der Waals surface area contributed by atoms with Crippen LogP contribution in [0.15, 0.2) is 30.3 Å². The van der Waals surface area contributed by atoms with Crippen molar-refractivity contribution in [2.45, 2.75) is 162 Å². The number of ether oxygens (including phenoxy) is 2. The minimum Gasteiger partial charge on any atom is -0.480 e. The third-order valence-electron chi connectivity index (χ3n) is 10.2. The number of carbonyl (C=O) groups excluding carboxylic acids is 9. The zero-order chi connectivity index (χ0) is 55.3.